The number of carbonyl (C=O) groups excluding carboxylic acids is 2. The Kier molecular flexibility index (Phi) is 4.03. The van der Waals surface area contributed by atoms with Crippen LogP contribution in [0.3, 0.4) is 0 Å². The number of Topliss-reactive ketones (excluding diaryl/α,β-unsaturated/α-hetero) is 1. The van der Waals surface area contributed by atoms with Gasteiger partial charge in [-0.25, -0.2) is 13.6 Å². The van der Waals surface area contributed by atoms with Crippen LogP contribution in [0.25, 0.3) is 0 Å². The van der Waals surface area contributed by atoms with Crippen molar-refractivity contribution in [3.63, 3.8) is 0 Å². The average Bonchev–Trinajstić information content (AvgIpc) is 2.60. The highest BCUT2D eigenvalue weighted by Crippen LogP contribution is 2.46. The molecule has 24 heavy (non-hydrogen) atoms. The van der Waals surface area contributed by atoms with E-state index in [9.17, 15) is 18.4 Å². The van der Waals surface area contributed by atoms with Crippen LogP contribution in [0.4, 0.5) is 8.78 Å². The predicted molar refractivity (Wildman–Crippen MR) is 79.5 cm³/mol. The van der Waals surface area contributed by atoms with E-state index < -0.39 is 42.2 Å². The van der Waals surface area contributed by atoms with Crippen molar-refractivity contribution in [1.29, 1.82) is 0 Å². The first-order valence-corrected chi connectivity index (χ1v) is 8.63. The zero-order valence-corrected chi connectivity index (χ0v) is 13.6. The van der Waals surface area contributed by atoms with Gasteiger partial charge in [-0.05, 0) is 19.3 Å². The molecule has 2 aliphatic heterocycles. The molecule has 2 aliphatic carbocycles. The Morgan fingerprint density at radius 1 is 1.33 bits per heavy atom. The maximum atomic E-state index is 14.5. The highest BCUT2D eigenvalue weighted by atomic mass is 35.5. The number of fused-ring (bicyclic) bond motifs is 2. The molecule has 1 saturated heterocycles. The van der Waals surface area contributed by atoms with Crippen molar-refractivity contribution >= 4 is 23.6 Å². The third kappa shape index (κ3) is 2.28. The standard InChI is InChI=1S/C16H18ClF2NO4/c17-24-16(22)8-6-20-10-3-1-2-4-11(10)23-15-12(19)9(18)5-7(13(15)20)14(8)21/h6-7,9-13,15H,1-5H2. The van der Waals surface area contributed by atoms with Gasteiger partial charge in [-0.1, -0.05) is 12.8 Å². The third-order valence-corrected chi connectivity index (χ3v) is 5.92. The first-order chi connectivity index (χ1) is 11.5. The van der Waals surface area contributed by atoms with Crippen molar-refractivity contribution in [3.05, 3.63) is 11.8 Å². The van der Waals surface area contributed by atoms with Crippen LogP contribution in [0.5, 0.6) is 0 Å². The van der Waals surface area contributed by atoms with E-state index in [2.05, 4.69) is 4.29 Å². The highest BCUT2D eigenvalue weighted by molar-refractivity contribution is 6.24. The minimum atomic E-state index is -1.78. The SMILES string of the molecule is O=C(OCl)C1=CN2C3CCCCC3OC3C(F)C(F)CC(C1=O)C32. The van der Waals surface area contributed by atoms with Crippen molar-refractivity contribution in [3.8, 4) is 0 Å². The number of hydrogen-bond donors (Lipinski definition) is 0. The Bertz CT molecular complexity index is 601. The second kappa shape index (κ2) is 5.95. The summed E-state index contributed by atoms with van der Waals surface area (Å²) in [6.07, 6.45) is -0.0544. The summed E-state index contributed by atoms with van der Waals surface area (Å²) in [6.45, 7) is 0. The van der Waals surface area contributed by atoms with Gasteiger partial charge in [0, 0.05) is 12.1 Å². The number of ketones is 1. The summed E-state index contributed by atoms with van der Waals surface area (Å²) in [5.74, 6) is -2.32. The molecular formula is C16H18ClF2NO4. The minimum Gasteiger partial charge on any atom is -0.368 e. The summed E-state index contributed by atoms with van der Waals surface area (Å²) in [6, 6.07) is -0.622. The molecule has 4 aliphatic rings. The minimum absolute atomic E-state index is 0.0444. The number of nitrogens with zero attached hydrogens (tertiary/aromatic N) is 1. The van der Waals surface area contributed by atoms with E-state index in [1.165, 1.54) is 6.20 Å². The maximum absolute atomic E-state index is 14.5. The van der Waals surface area contributed by atoms with Crippen molar-refractivity contribution in [1.82, 2.24) is 4.90 Å². The van der Waals surface area contributed by atoms with Gasteiger partial charge in [-0.3, -0.25) is 4.79 Å². The van der Waals surface area contributed by atoms with Gasteiger partial charge in [0.05, 0.1) is 18.2 Å². The summed E-state index contributed by atoms with van der Waals surface area (Å²) in [4.78, 5) is 26.3. The van der Waals surface area contributed by atoms with Crippen LogP contribution in [0.1, 0.15) is 32.1 Å². The third-order valence-electron chi connectivity index (χ3n) is 5.78. The van der Waals surface area contributed by atoms with Crippen molar-refractivity contribution in [2.75, 3.05) is 0 Å². The largest absolute Gasteiger partial charge is 0.368 e. The molecule has 2 heterocycles. The lowest BCUT2D eigenvalue weighted by molar-refractivity contribution is -0.209. The summed E-state index contributed by atoms with van der Waals surface area (Å²) in [5, 5.41) is 0. The lowest BCUT2D eigenvalue weighted by Gasteiger charge is -2.57. The van der Waals surface area contributed by atoms with Gasteiger partial charge >= 0.3 is 5.97 Å². The Hall–Kier alpha value is -1.21. The summed E-state index contributed by atoms with van der Waals surface area (Å²) in [7, 11) is 0. The van der Waals surface area contributed by atoms with Crippen LogP contribution in [0, 0.1) is 5.92 Å². The monoisotopic (exact) mass is 361 g/mol. The average molecular weight is 362 g/mol. The molecule has 2 saturated carbocycles. The molecule has 132 valence electrons. The normalized spacial score (nSPS) is 44.3. The van der Waals surface area contributed by atoms with Crippen molar-refractivity contribution in [2.24, 2.45) is 5.92 Å². The van der Waals surface area contributed by atoms with E-state index in [1.54, 1.807) is 0 Å². The second-order valence-electron chi connectivity index (χ2n) is 7.00. The van der Waals surface area contributed by atoms with Gasteiger partial charge in [-0.15, -0.1) is 0 Å². The van der Waals surface area contributed by atoms with Crippen LogP contribution in [-0.2, 0) is 18.6 Å². The molecule has 5 nitrogen and oxygen atoms in total. The van der Waals surface area contributed by atoms with Crippen LogP contribution >= 0.6 is 11.9 Å². The number of halogens is 3. The van der Waals surface area contributed by atoms with Gasteiger partial charge in [0.15, 0.2) is 12.0 Å². The zero-order chi connectivity index (χ0) is 17.0. The smallest absolute Gasteiger partial charge is 0.361 e. The van der Waals surface area contributed by atoms with Crippen molar-refractivity contribution < 1.29 is 27.4 Å². The Labute approximate surface area is 143 Å². The van der Waals surface area contributed by atoms with E-state index >= 15 is 0 Å². The quantitative estimate of drug-likeness (QED) is 0.670. The van der Waals surface area contributed by atoms with E-state index in [-0.39, 0.29) is 24.1 Å². The number of morpholine rings is 1. The summed E-state index contributed by atoms with van der Waals surface area (Å²) in [5.41, 5.74) is -0.194. The predicted octanol–water partition coefficient (Wildman–Crippen LogP) is 2.23. The fourth-order valence-corrected chi connectivity index (χ4v) is 4.80. The van der Waals surface area contributed by atoms with Crippen LogP contribution in [0.2, 0.25) is 0 Å². The molecule has 7 unspecified atom stereocenters. The molecule has 0 amide bonds. The number of rotatable bonds is 1. The zero-order valence-electron chi connectivity index (χ0n) is 12.9. The number of hydrogen-bond acceptors (Lipinski definition) is 5. The maximum Gasteiger partial charge on any atom is 0.361 e. The fraction of sp³-hybridized carbons (Fsp3) is 0.750. The first kappa shape index (κ1) is 16.3. The molecule has 8 heteroatoms. The molecule has 0 radical (unpaired) electrons. The van der Waals surface area contributed by atoms with Gasteiger partial charge < -0.3 is 13.9 Å². The van der Waals surface area contributed by atoms with Gasteiger partial charge in [0.25, 0.3) is 0 Å². The van der Waals surface area contributed by atoms with E-state index in [0.29, 0.717) is 0 Å². The number of alkyl halides is 2. The van der Waals surface area contributed by atoms with Gasteiger partial charge in [0.2, 0.25) is 0 Å². The molecule has 3 fully saturated rings. The molecule has 0 aromatic heterocycles. The molecule has 0 spiro atoms. The van der Waals surface area contributed by atoms with Crippen LogP contribution in [-0.4, -0.2) is 53.3 Å². The Morgan fingerprint density at radius 3 is 2.83 bits per heavy atom. The summed E-state index contributed by atoms with van der Waals surface area (Å²) >= 11 is 5.13. The first-order valence-electron chi connectivity index (χ1n) is 8.33. The topological polar surface area (TPSA) is 55.8 Å². The molecule has 0 aromatic carbocycles. The van der Waals surface area contributed by atoms with Gasteiger partial charge in [-0.2, -0.15) is 0 Å². The number of carbonyl (C=O) groups is 2. The molecule has 4 rings (SSSR count). The fourth-order valence-electron chi connectivity index (χ4n) is 4.72. The molecule has 7 atom stereocenters. The summed E-state index contributed by atoms with van der Waals surface area (Å²) < 4.78 is 38.7. The number of ether oxygens (including phenoxy) is 1. The molecule has 0 N–H and O–H groups in total. The second-order valence-corrected chi connectivity index (χ2v) is 7.16. The highest BCUT2D eigenvalue weighted by Gasteiger charge is 2.58. The Balaban J connectivity index is 1.78. The lowest BCUT2D eigenvalue weighted by atomic mass is 9.71. The molecular weight excluding hydrogens is 344 g/mol. The Morgan fingerprint density at radius 2 is 2.08 bits per heavy atom. The molecule has 0 aromatic rings. The lowest BCUT2D eigenvalue weighted by Crippen LogP contribution is -2.70. The van der Waals surface area contributed by atoms with Crippen molar-refractivity contribution in [2.45, 2.75) is 68.7 Å². The van der Waals surface area contributed by atoms with Gasteiger partial charge in [0.1, 0.15) is 29.7 Å². The van der Waals surface area contributed by atoms with E-state index in [4.69, 9.17) is 16.6 Å². The molecule has 0 bridgehead atoms. The van der Waals surface area contributed by atoms with E-state index in [0.717, 1.165) is 25.7 Å². The van der Waals surface area contributed by atoms with Crippen LogP contribution in [0.15, 0.2) is 11.8 Å². The van der Waals surface area contributed by atoms with E-state index in [1.807, 2.05) is 4.90 Å². The van der Waals surface area contributed by atoms with Crippen LogP contribution < -0.4 is 0 Å².